The van der Waals surface area contributed by atoms with E-state index >= 15 is 0 Å². The molecule has 0 saturated carbocycles. The Bertz CT molecular complexity index is 391. The van der Waals surface area contributed by atoms with Crippen LogP contribution in [0, 0.1) is 6.92 Å². The van der Waals surface area contributed by atoms with Crippen molar-refractivity contribution >= 4 is 6.29 Å². The summed E-state index contributed by atoms with van der Waals surface area (Å²) in [5.74, 6) is 0.508. The summed E-state index contributed by atoms with van der Waals surface area (Å²) in [6.45, 7) is 3.02. The molecule has 0 radical (unpaired) electrons. The minimum absolute atomic E-state index is 0.0820. The molecule has 0 fully saturated rings. The number of aryl methyl sites for hydroxylation is 1. The Kier molecular flexibility index (Phi) is 7.10. The summed E-state index contributed by atoms with van der Waals surface area (Å²) in [5, 5.41) is 9.69. The van der Waals surface area contributed by atoms with Crippen LogP contribution in [0.5, 0.6) is 5.75 Å². The van der Waals surface area contributed by atoms with Gasteiger partial charge in [0.05, 0.1) is 25.4 Å². The molecule has 5 nitrogen and oxygen atoms in total. The van der Waals surface area contributed by atoms with E-state index in [9.17, 15) is 9.90 Å². The van der Waals surface area contributed by atoms with Gasteiger partial charge in [0.1, 0.15) is 18.5 Å². The molecule has 106 valence electrons. The van der Waals surface area contributed by atoms with Gasteiger partial charge in [0.25, 0.3) is 0 Å². The predicted molar refractivity (Wildman–Crippen MR) is 70.8 cm³/mol. The maximum Gasteiger partial charge on any atom is 0.153 e. The normalized spacial score (nSPS) is 12.2. The predicted octanol–water partition coefficient (Wildman–Crippen LogP) is 1.21. The highest BCUT2D eigenvalue weighted by Gasteiger charge is 2.10. The van der Waals surface area contributed by atoms with Crippen LogP contribution in [0.1, 0.15) is 15.9 Å². The Morgan fingerprint density at radius 1 is 1.32 bits per heavy atom. The first kappa shape index (κ1) is 15.6. The van der Waals surface area contributed by atoms with Crippen LogP contribution in [0.2, 0.25) is 0 Å². The second-order valence-corrected chi connectivity index (χ2v) is 4.14. The van der Waals surface area contributed by atoms with Gasteiger partial charge in [0, 0.05) is 7.11 Å². The SMILES string of the molecule is COCCOCC(O)COc1c(C)cccc1C=O. The van der Waals surface area contributed by atoms with E-state index in [2.05, 4.69) is 0 Å². The summed E-state index contributed by atoms with van der Waals surface area (Å²) in [7, 11) is 1.59. The summed E-state index contributed by atoms with van der Waals surface area (Å²) < 4.78 is 15.5. The number of carbonyl (C=O) groups excluding carboxylic acids is 1. The average Bonchev–Trinajstić information content (AvgIpc) is 2.42. The number of aliphatic hydroxyl groups excluding tert-OH is 1. The molecule has 5 heteroatoms. The lowest BCUT2D eigenvalue weighted by Crippen LogP contribution is -2.24. The number of carbonyl (C=O) groups is 1. The van der Waals surface area contributed by atoms with Crippen LogP contribution in [0.25, 0.3) is 0 Å². The molecule has 0 aromatic heterocycles. The number of rotatable bonds is 9. The first-order valence-electron chi connectivity index (χ1n) is 6.11. The number of para-hydroxylation sites is 1. The maximum atomic E-state index is 10.9. The fourth-order valence-corrected chi connectivity index (χ4v) is 1.55. The number of aliphatic hydroxyl groups is 1. The van der Waals surface area contributed by atoms with E-state index in [4.69, 9.17) is 14.2 Å². The van der Waals surface area contributed by atoms with Gasteiger partial charge in [0.2, 0.25) is 0 Å². The molecule has 0 spiro atoms. The quantitative estimate of drug-likeness (QED) is 0.538. The summed E-state index contributed by atoms with van der Waals surface area (Å²) in [6.07, 6.45) is 0.0000344. The first-order valence-corrected chi connectivity index (χ1v) is 6.11. The maximum absolute atomic E-state index is 10.9. The highest BCUT2D eigenvalue weighted by Crippen LogP contribution is 2.21. The molecule has 0 aliphatic heterocycles. The van der Waals surface area contributed by atoms with Crippen LogP contribution in [-0.4, -0.2) is 51.0 Å². The van der Waals surface area contributed by atoms with E-state index in [1.807, 2.05) is 13.0 Å². The van der Waals surface area contributed by atoms with E-state index in [1.165, 1.54) is 0 Å². The Hall–Kier alpha value is -1.43. The van der Waals surface area contributed by atoms with Crippen molar-refractivity contribution in [3.05, 3.63) is 29.3 Å². The molecule has 0 aliphatic carbocycles. The zero-order valence-corrected chi connectivity index (χ0v) is 11.3. The van der Waals surface area contributed by atoms with Crippen molar-refractivity contribution in [2.45, 2.75) is 13.0 Å². The third-order valence-corrected chi connectivity index (χ3v) is 2.53. The van der Waals surface area contributed by atoms with Gasteiger partial charge in [-0.15, -0.1) is 0 Å². The van der Waals surface area contributed by atoms with Crippen LogP contribution in [0.3, 0.4) is 0 Å². The minimum Gasteiger partial charge on any atom is -0.490 e. The van der Waals surface area contributed by atoms with Crippen LogP contribution < -0.4 is 4.74 Å². The van der Waals surface area contributed by atoms with Gasteiger partial charge in [-0.3, -0.25) is 4.79 Å². The van der Waals surface area contributed by atoms with E-state index in [0.717, 1.165) is 11.8 Å². The highest BCUT2D eigenvalue weighted by atomic mass is 16.5. The molecule has 1 rings (SSSR count). The second kappa shape index (κ2) is 8.63. The number of hydrogen-bond donors (Lipinski definition) is 1. The first-order chi connectivity index (χ1) is 9.19. The second-order valence-electron chi connectivity index (χ2n) is 4.14. The smallest absolute Gasteiger partial charge is 0.153 e. The van der Waals surface area contributed by atoms with Gasteiger partial charge in [-0.2, -0.15) is 0 Å². The fourth-order valence-electron chi connectivity index (χ4n) is 1.55. The molecule has 0 heterocycles. The number of ether oxygens (including phenoxy) is 3. The number of benzene rings is 1. The monoisotopic (exact) mass is 268 g/mol. The molecular weight excluding hydrogens is 248 g/mol. The summed E-state index contributed by atoms with van der Waals surface area (Å²) in [6, 6.07) is 5.32. The molecule has 1 aromatic carbocycles. The molecule has 0 amide bonds. The molecule has 1 aromatic rings. The summed E-state index contributed by atoms with van der Waals surface area (Å²) in [5.41, 5.74) is 1.34. The lowest BCUT2D eigenvalue weighted by Gasteiger charge is -2.15. The molecule has 0 saturated heterocycles. The number of methoxy groups -OCH3 is 1. The molecule has 0 bridgehead atoms. The van der Waals surface area contributed by atoms with Crippen LogP contribution in [0.4, 0.5) is 0 Å². The Labute approximate surface area is 113 Å². The zero-order chi connectivity index (χ0) is 14.1. The Morgan fingerprint density at radius 2 is 2.11 bits per heavy atom. The van der Waals surface area contributed by atoms with Crippen molar-refractivity contribution in [1.29, 1.82) is 0 Å². The van der Waals surface area contributed by atoms with Crippen molar-refractivity contribution in [3.63, 3.8) is 0 Å². The molecule has 0 aliphatic rings. The van der Waals surface area contributed by atoms with E-state index in [0.29, 0.717) is 24.5 Å². The van der Waals surface area contributed by atoms with Gasteiger partial charge in [-0.25, -0.2) is 0 Å². The lowest BCUT2D eigenvalue weighted by atomic mass is 10.1. The Balaban J connectivity index is 2.41. The minimum atomic E-state index is -0.740. The van der Waals surface area contributed by atoms with Crippen molar-refractivity contribution in [1.82, 2.24) is 0 Å². The van der Waals surface area contributed by atoms with Crippen molar-refractivity contribution in [2.24, 2.45) is 0 Å². The molecule has 1 unspecified atom stereocenters. The standard InChI is InChI=1S/C14H20O5/c1-11-4-3-5-12(8-15)14(11)19-10-13(16)9-18-7-6-17-2/h3-5,8,13,16H,6-7,9-10H2,1-2H3. The van der Waals surface area contributed by atoms with Crippen LogP contribution >= 0.6 is 0 Å². The van der Waals surface area contributed by atoms with Crippen molar-refractivity contribution < 1.29 is 24.1 Å². The average molecular weight is 268 g/mol. The highest BCUT2D eigenvalue weighted by molar-refractivity contribution is 5.80. The van der Waals surface area contributed by atoms with Gasteiger partial charge in [0.15, 0.2) is 6.29 Å². The fraction of sp³-hybridized carbons (Fsp3) is 0.500. The van der Waals surface area contributed by atoms with Crippen LogP contribution in [0.15, 0.2) is 18.2 Å². The van der Waals surface area contributed by atoms with Gasteiger partial charge in [-0.1, -0.05) is 12.1 Å². The third kappa shape index (κ3) is 5.38. The molecule has 1 atom stereocenters. The Morgan fingerprint density at radius 3 is 2.79 bits per heavy atom. The zero-order valence-electron chi connectivity index (χ0n) is 11.3. The third-order valence-electron chi connectivity index (χ3n) is 2.53. The summed E-state index contributed by atoms with van der Waals surface area (Å²) in [4.78, 5) is 10.9. The van der Waals surface area contributed by atoms with Gasteiger partial charge < -0.3 is 19.3 Å². The van der Waals surface area contributed by atoms with Gasteiger partial charge in [-0.05, 0) is 18.6 Å². The molecule has 19 heavy (non-hydrogen) atoms. The topological polar surface area (TPSA) is 65.0 Å². The van der Waals surface area contributed by atoms with Crippen molar-refractivity contribution in [3.8, 4) is 5.75 Å². The van der Waals surface area contributed by atoms with E-state index in [1.54, 1.807) is 19.2 Å². The van der Waals surface area contributed by atoms with Crippen molar-refractivity contribution in [2.75, 3.05) is 33.5 Å². The number of hydrogen-bond acceptors (Lipinski definition) is 5. The lowest BCUT2D eigenvalue weighted by molar-refractivity contribution is -0.00435. The van der Waals surface area contributed by atoms with E-state index in [-0.39, 0.29) is 13.2 Å². The van der Waals surface area contributed by atoms with Crippen LogP contribution in [-0.2, 0) is 9.47 Å². The van der Waals surface area contributed by atoms with E-state index < -0.39 is 6.10 Å². The largest absolute Gasteiger partial charge is 0.490 e. The number of aldehydes is 1. The van der Waals surface area contributed by atoms with Gasteiger partial charge >= 0.3 is 0 Å². The summed E-state index contributed by atoms with van der Waals surface area (Å²) >= 11 is 0. The molecular formula is C14H20O5. The molecule has 1 N–H and O–H groups in total.